The van der Waals surface area contributed by atoms with Crippen LogP contribution in [0.2, 0.25) is 0 Å². The topological polar surface area (TPSA) is 36.0 Å². The van der Waals surface area contributed by atoms with Crippen LogP contribution >= 0.6 is 0 Å². The predicted octanol–water partition coefficient (Wildman–Crippen LogP) is 3.23. The zero-order valence-corrected chi connectivity index (χ0v) is 17.0. The Balaban J connectivity index is 1.39. The molecule has 2 saturated heterocycles. The molecule has 148 valence electrons. The molecule has 0 aliphatic carbocycles. The molecule has 0 saturated carbocycles. The van der Waals surface area contributed by atoms with Crippen molar-refractivity contribution in [3.8, 4) is 5.75 Å². The molecular formula is C22H33N3O2. The number of fused-ring (bicyclic) bond motifs is 1. The largest absolute Gasteiger partial charge is 0.496 e. The lowest BCUT2D eigenvalue weighted by Gasteiger charge is -2.38. The van der Waals surface area contributed by atoms with Crippen LogP contribution in [0.15, 0.2) is 12.1 Å². The Morgan fingerprint density at radius 3 is 2.44 bits per heavy atom. The molecule has 0 atom stereocenters. The lowest BCUT2D eigenvalue weighted by Crippen LogP contribution is -2.41. The molecule has 1 amide bonds. The third kappa shape index (κ3) is 3.79. The van der Waals surface area contributed by atoms with E-state index < -0.39 is 0 Å². The van der Waals surface area contributed by atoms with Gasteiger partial charge in [-0.05, 0) is 62.2 Å². The summed E-state index contributed by atoms with van der Waals surface area (Å²) in [5.41, 5.74) is 3.05. The molecule has 0 radical (unpaired) electrons. The molecule has 5 heteroatoms. The summed E-state index contributed by atoms with van der Waals surface area (Å²) in [6, 6.07) is 4.26. The normalized spacial score (nSPS) is 22.4. The molecule has 2 fully saturated rings. The van der Waals surface area contributed by atoms with Gasteiger partial charge < -0.3 is 19.4 Å². The quantitative estimate of drug-likeness (QED) is 0.814. The van der Waals surface area contributed by atoms with Gasteiger partial charge in [0.2, 0.25) is 0 Å². The van der Waals surface area contributed by atoms with E-state index >= 15 is 0 Å². The van der Waals surface area contributed by atoms with Gasteiger partial charge in [0.05, 0.1) is 12.7 Å². The van der Waals surface area contributed by atoms with Crippen LogP contribution in [0.4, 0.5) is 5.69 Å². The van der Waals surface area contributed by atoms with Crippen LogP contribution in [-0.2, 0) is 6.54 Å². The smallest absolute Gasteiger partial charge is 0.258 e. The number of anilines is 1. The van der Waals surface area contributed by atoms with E-state index in [1.54, 1.807) is 12.0 Å². The van der Waals surface area contributed by atoms with Crippen LogP contribution < -0.4 is 9.64 Å². The number of ether oxygens (including phenoxy) is 1. The Kier molecular flexibility index (Phi) is 5.31. The van der Waals surface area contributed by atoms with Crippen molar-refractivity contribution < 1.29 is 9.53 Å². The minimum absolute atomic E-state index is 0.0722. The van der Waals surface area contributed by atoms with Crippen LogP contribution in [0, 0.1) is 11.8 Å². The SMILES string of the molecule is COc1cc(N2CCC(CN3CCC(C)CC3)CC2)cc2c1C(=O)N(C)C2. The molecular weight excluding hydrogens is 338 g/mol. The van der Waals surface area contributed by atoms with Crippen LogP contribution in [-0.4, -0.2) is 62.6 Å². The highest BCUT2D eigenvalue weighted by atomic mass is 16.5. The molecule has 4 rings (SSSR count). The van der Waals surface area contributed by atoms with Crippen molar-refractivity contribution in [3.63, 3.8) is 0 Å². The average Bonchev–Trinajstić information content (AvgIpc) is 2.97. The zero-order valence-electron chi connectivity index (χ0n) is 17.0. The molecule has 0 bridgehead atoms. The highest BCUT2D eigenvalue weighted by Gasteiger charge is 2.30. The first-order valence-corrected chi connectivity index (χ1v) is 10.5. The van der Waals surface area contributed by atoms with E-state index in [9.17, 15) is 4.79 Å². The standard InChI is InChI=1S/C22H33N3O2/c1-16-4-8-24(9-5-16)14-17-6-10-25(11-7-17)19-12-18-15-23(2)22(26)21(18)20(13-19)27-3/h12-13,16-17H,4-11,14-15H2,1-3H3. The minimum atomic E-state index is 0.0722. The number of carbonyl (C=O) groups excluding carboxylic acids is 1. The molecule has 0 unspecified atom stereocenters. The summed E-state index contributed by atoms with van der Waals surface area (Å²) in [6.07, 6.45) is 5.23. The van der Waals surface area contributed by atoms with E-state index in [-0.39, 0.29) is 5.91 Å². The van der Waals surface area contributed by atoms with Crippen LogP contribution in [0.3, 0.4) is 0 Å². The van der Waals surface area contributed by atoms with Gasteiger partial charge in [-0.2, -0.15) is 0 Å². The fourth-order valence-electron chi connectivity index (χ4n) is 4.87. The molecule has 27 heavy (non-hydrogen) atoms. The third-order valence-corrected chi connectivity index (χ3v) is 6.73. The monoisotopic (exact) mass is 371 g/mol. The maximum atomic E-state index is 12.3. The molecule has 0 N–H and O–H groups in total. The van der Waals surface area contributed by atoms with Gasteiger partial charge in [-0.15, -0.1) is 0 Å². The molecule has 1 aromatic rings. The Morgan fingerprint density at radius 2 is 1.78 bits per heavy atom. The second-order valence-electron chi connectivity index (χ2n) is 8.76. The highest BCUT2D eigenvalue weighted by molar-refractivity contribution is 6.01. The van der Waals surface area contributed by atoms with Crippen molar-refractivity contribution in [2.45, 2.75) is 39.2 Å². The summed E-state index contributed by atoms with van der Waals surface area (Å²) in [4.78, 5) is 19.3. The van der Waals surface area contributed by atoms with Crippen LogP contribution in [0.1, 0.15) is 48.5 Å². The summed E-state index contributed by atoms with van der Waals surface area (Å²) < 4.78 is 5.56. The van der Waals surface area contributed by atoms with Crippen molar-refractivity contribution in [2.24, 2.45) is 11.8 Å². The van der Waals surface area contributed by atoms with Gasteiger partial charge in [0, 0.05) is 45.0 Å². The number of hydrogen-bond donors (Lipinski definition) is 0. The van der Waals surface area contributed by atoms with E-state index in [1.165, 1.54) is 51.0 Å². The predicted molar refractivity (Wildman–Crippen MR) is 109 cm³/mol. The summed E-state index contributed by atoms with van der Waals surface area (Å²) in [5, 5.41) is 0. The van der Waals surface area contributed by atoms with Gasteiger partial charge in [-0.3, -0.25) is 4.79 Å². The summed E-state index contributed by atoms with van der Waals surface area (Å²) in [6.45, 7) is 9.10. The lowest BCUT2D eigenvalue weighted by atomic mass is 9.93. The molecule has 0 spiro atoms. The lowest BCUT2D eigenvalue weighted by molar-refractivity contribution is 0.0814. The van der Waals surface area contributed by atoms with E-state index in [0.717, 1.165) is 41.8 Å². The maximum Gasteiger partial charge on any atom is 0.258 e. The zero-order chi connectivity index (χ0) is 19.0. The highest BCUT2D eigenvalue weighted by Crippen LogP contribution is 2.36. The van der Waals surface area contributed by atoms with E-state index in [4.69, 9.17) is 4.74 Å². The van der Waals surface area contributed by atoms with Crippen molar-refractivity contribution in [3.05, 3.63) is 23.3 Å². The van der Waals surface area contributed by atoms with Crippen molar-refractivity contribution in [1.29, 1.82) is 0 Å². The third-order valence-electron chi connectivity index (χ3n) is 6.73. The Labute approximate surface area is 163 Å². The molecule has 5 nitrogen and oxygen atoms in total. The number of likely N-dealkylation sites (tertiary alicyclic amines) is 1. The summed E-state index contributed by atoms with van der Waals surface area (Å²) in [7, 11) is 3.52. The average molecular weight is 372 g/mol. The van der Waals surface area contributed by atoms with E-state index in [0.29, 0.717) is 6.54 Å². The van der Waals surface area contributed by atoms with Gasteiger partial charge in [0.15, 0.2) is 0 Å². The molecule has 0 aromatic heterocycles. The Bertz CT molecular complexity index is 689. The fourth-order valence-corrected chi connectivity index (χ4v) is 4.87. The Hall–Kier alpha value is -1.75. The second-order valence-corrected chi connectivity index (χ2v) is 8.76. The number of amides is 1. The van der Waals surface area contributed by atoms with Crippen molar-refractivity contribution in [2.75, 3.05) is 51.8 Å². The molecule has 1 aromatic carbocycles. The molecule has 3 heterocycles. The maximum absolute atomic E-state index is 12.3. The number of hydrogen-bond acceptors (Lipinski definition) is 4. The Morgan fingerprint density at radius 1 is 1.07 bits per heavy atom. The van der Waals surface area contributed by atoms with Crippen molar-refractivity contribution in [1.82, 2.24) is 9.80 Å². The first-order valence-electron chi connectivity index (χ1n) is 10.5. The van der Waals surface area contributed by atoms with Gasteiger partial charge in [0.25, 0.3) is 5.91 Å². The number of nitrogens with zero attached hydrogens (tertiary/aromatic N) is 3. The van der Waals surface area contributed by atoms with Crippen molar-refractivity contribution >= 4 is 11.6 Å². The van der Waals surface area contributed by atoms with Gasteiger partial charge in [0.1, 0.15) is 5.75 Å². The van der Waals surface area contributed by atoms with E-state index in [2.05, 4.69) is 28.9 Å². The number of benzene rings is 1. The number of rotatable bonds is 4. The number of carbonyl (C=O) groups is 1. The summed E-state index contributed by atoms with van der Waals surface area (Å²) >= 11 is 0. The molecule has 3 aliphatic heterocycles. The van der Waals surface area contributed by atoms with Crippen LogP contribution in [0.5, 0.6) is 5.75 Å². The van der Waals surface area contributed by atoms with Gasteiger partial charge >= 0.3 is 0 Å². The van der Waals surface area contributed by atoms with E-state index in [1.807, 2.05) is 7.05 Å². The van der Waals surface area contributed by atoms with Gasteiger partial charge in [-0.25, -0.2) is 0 Å². The van der Waals surface area contributed by atoms with Crippen LogP contribution in [0.25, 0.3) is 0 Å². The first-order chi connectivity index (χ1) is 13.0. The number of methoxy groups -OCH3 is 1. The molecule has 3 aliphatic rings. The summed E-state index contributed by atoms with van der Waals surface area (Å²) in [5.74, 6) is 2.52. The fraction of sp³-hybridized carbons (Fsp3) is 0.682. The number of piperidine rings is 2. The minimum Gasteiger partial charge on any atom is -0.496 e. The first kappa shape index (κ1) is 18.6. The second kappa shape index (κ2) is 7.70. The van der Waals surface area contributed by atoms with Gasteiger partial charge in [-0.1, -0.05) is 6.92 Å².